The lowest BCUT2D eigenvalue weighted by Gasteiger charge is -2.19. The van der Waals surface area contributed by atoms with Gasteiger partial charge in [0.15, 0.2) is 0 Å². The SMILES string of the molecule is Cc1oc(CNC(=O)C(NC(=O)CC(C)C)c2ccccc2)cc1C(=O)O. The second kappa shape index (κ2) is 9.02. The summed E-state index contributed by atoms with van der Waals surface area (Å²) in [4.78, 5) is 35.9. The Kier molecular flexibility index (Phi) is 6.76. The monoisotopic (exact) mass is 372 g/mol. The number of rotatable bonds is 8. The summed E-state index contributed by atoms with van der Waals surface area (Å²) in [6, 6.07) is 9.48. The van der Waals surface area contributed by atoms with E-state index in [1.165, 1.54) is 6.07 Å². The molecule has 0 aliphatic heterocycles. The molecule has 0 saturated heterocycles. The zero-order valence-corrected chi connectivity index (χ0v) is 15.6. The van der Waals surface area contributed by atoms with E-state index in [0.717, 1.165) is 0 Å². The van der Waals surface area contributed by atoms with Crippen LogP contribution in [0.4, 0.5) is 0 Å². The molecule has 144 valence electrons. The van der Waals surface area contributed by atoms with Crippen molar-refractivity contribution in [2.24, 2.45) is 5.92 Å². The molecule has 2 aromatic rings. The standard InChI is InChI=1S/C20H24N2O5/c1-12(2)9-17(23)22-18(14-7-5-4-6-8-14)19(24)21-11-15-10-16(20(25)26)13(3)27-15/h4-8,10,12,18H,9,11H2,1-3H3,(H,21,24)(H,22,23)(H,25,26). The van der Waals surface area contributed by atoms with Gasteiger partial charge in [-0.2, -0.15) is 0 Å². The van der Waals surface area contributed by atoms with E-state index in [1.807, 2.05) is 19.9 Å². The van der Waals surface area contributed by atoms with Crippen molar-refractivity contribution in [3.05, 3.63) is 59.0 Å². The van der Waals surface area contributed by atoms with Crippen LogP contribution in [0.15, 0.2) is 40.8 Å². The van der Waals surface area contributed by atoms with Crippen LogP contribution in [0.3, 0.4) is 0 Å². The topological polar surface area (TPSA) is 109 Å². The number of aromatic carboxylic acids is 1. The molecule has 0 aliphatic carbocycles. The second-order valence-corrected chi connectivity index (χ2v) is 6.71. The first-order chi connectivity index (χ1) is 12.8. The van der Waals surface area contributed by atoms with E-state index in [0.29, 0.717) is 17.7 Å². The Morgan fingerprint density at radius 1 is 1.15 bits per heavy atom. The minimum atomic E-state index is -1.09. The van der Waals surface area contributed by atoms with Crippen LogP contribution in [0, 0.1) is 12.8 Å². The lowest BCUT2D eigenvalue weighted by Crippen LogP contribution is -2.40. The van der Waals surface area contributed by atoms with Crippen LogP contribution in [0.5, 0.6) is 0 Å². The highest BCUT2D eigenvalue weighted by atomic mass is 16.4. The minimum Gasteiger partial charge on any atom is -0.478 e. The minimum absolute atomic E-state index is 0.0241. The fourth-order valence-electron chi connectivity index (χ4n) is 2.66. The summed E-state index contributed by atoms with van der Waals surface area (Å²) in [5.41, 5.74) is 0.720. The van der Waals surface area contributed by atoms with Gasteiger partial charge in [0.25, 0.3) is 0 Å². The number of carbonyl (C=O) groups is 3. The van der Waals surface area contributed by atoms with Gasteiger partial charge in [-0.25, -0.2) is 4.79 Å². The Morgan fingerprint density at radius 3 is 2.37 bits per heavy atom. The summed E-state index contributed by atoms with van der Waals surface area (Å²) in [5, 5.41) is 14.5. The normalized spacial score (nSPS) is 11.9. The molecule has 0 aliphatic rings. The van der Waals surface area contributed by atoms with Crippen LogP contribution < -0.4 is 10.6 Å². The van der Waals surface area contributed by atoms with Crippen molar-refractivity contribution in [1.82, 2.24) is 10.6 Å². The largest absolute Gasteiger partial charge is 0.478 e. The predicted octanol–water partition coefficient (Wildman–Crippen LogP) is 2.81. The van der Waals surface area contributed by atoms with Crippen molar-refractivity contribution in [3.8, 4) is 0 Å². The average molecular weight is 372 g/mol. The van der Waals surface area contributed by atoms with Gasteiger partial charge in [0.1, 0.15) is 23.1 Å². The molecule has 27 heavy (non-hydrogen) atoms. The van der Waals surface area contributed by atoms with E-state index >= 15 is 0 Å². The Balaban J connectivity index is 2.10. The van der Waals surface area contributed by atoms with Gasteiger partial charge in [0, 0.05) is 6.42 Å². The molecule has 0 saturated carbocycles. The third kappa shape index (κ3) is 5.70. The zero-order valence-electron chi connectivity index (χ0n) is 15.6. The highest BCUT2D eigenvalue weighted by Crippen LogP contribution is 2.17. The molecule has 2 rings (SSSR count). The number of furan rings is 1. The summed E-state index contributed by atoms with van der Waals surface area (Å²) in [5.74, 6) is -0.919. The molecule has 0 bridgehead atoms. The van der Waals surface area contributed by atoms with Crippen LogP contribution in [0.2, 0.25) is 0 Å². The lowest BCUT2D eigenvalue weighted by atomic mass is 10.0. The van der Waals surface area contributed by atoms with Crippen molar-refractivity contribution in [2.75, 3.05) is 0 Å². The average Bonchev–Trinajstić information content (AvgIpc) is 2.99. The first-order valence-electron chi connectivity index (χ1n) is 8.72. The smallest absolute Gasteiger partial charge is 0.339 e. The quantitative estimate of drug-likeness (QED) is 0.660. The second-order valence-electron chi connectivity index (χ2n) is 6.71. The number of hydrogen-bond donors (Lipinski definition) is 3. The molecule has 7 heteroatoms. The van der Waals surface area contributed by atoms with Gasteiger partial charge >= 0.3 is 5.97 Å². The maximum atomic E-state index is 12.7. The van der Waals surface area contributed by atoms with E-state index in [-0.39, 0.29) is 29.7 Å². The molecular weight excluding hydrogens is 348 g/mol. The van der Waals surface area contributed by atoms with Crippen LogP contribution >= 0.6 is 0 Å². The van der Waals surface area contributed by atoms with Crippen molar-refractivity contribution < 1.29 is 23.9 Å². The molecule has 0 radical (unpaired) electrons. The highest BCUT2D eigenvalue weighted by Gasteiger charge is 2.23. The third-order valence-corrected chi connectivity index (χ3v) is 3.93. The molecule has 0 fully saturated rings. The summed E-state index contributed by atoms with van der Waals surface area (Å²) in [6.07, 6.45) is 0.315. The van der Waals surface area contributed by atoms with Crippen molar-refractivity contribution in [3.63, 3.8) is 0 Å². The highest BCUT2D eigenvalue weighted by molar-refractivity contribution is 5.89. The zero-order chi connectivity index (χ0) is 20.0. The summed E-state index contributed by atoms with van der Waals surface area (Å²) in [6.45, 7) is 5.43. The molecule has 1 atom stereocenters. The number of carbonyl (C=O) groups excluding carboxylic acids is 2. The lowest BCUT2D eigenvalue weighted by molar-refractivity contribution is -0.129. The number of amides is 2. The molecule has 3 N–H and O–H groups in total. The van der Waals surface area contributed by atoms with Gasteiger partial charge in [-0.05, 0) is 24.5 Å². The summed E-state index contributed by atoms with van der Waals surface area (Å²) in [7, 11) is 0. The third-order valence-electron chi connectivity index (χ3n) is 3.93. The van der Waals surface area contributed by atoms with E-state index in [9.17, 15) is 14.4 Å². The molecule has 1 aromatic carbocycles. The first kappa shape index (κ1) is 20.2. The van der Waals surface area contributed by atoms with Gasteiger partial charge in [0.05, 0.1) is 6.54 Å². The number of carboxylic acids is 1. The fourth-order valence-corrected chi connectivity index (χ4v) is 2.66. The predicted molar refractivity (Wildman–Crippen MR) is 99.0 cm³/mol. The molecule has 2 amide bonds. The number of hydrogen-bond acceptors (Lipinski definition) is 4. The van der Waals surface area contributed by atoms with E-state index in [1.54, 1.807) is 31.2 Å². The van der Waals surface area contributed by atoms with Crippen LogP contribution in [0.1, 0.15) is 53.8 Å². The van der Waals surface area contributed by atoms with Gasteiger partial charge < -0.3 is 20.2 Å². The fraction of sp³-hybridized carbons (Fsp3) is 0.350. The van der Waals surface area contributed by atoms with Crippen molar-refractivity contribution in [2.45, 2.75) is 39.8 Å². The van der Waals surface area contributed by atoms with Crippen molar-refractivity contribution in [1.29, 1.82) is 0 Å². The Bertz CT molecular complexity index is 811. The number of carboxylic acid groups (broad SMARTS) is 1. The van der Waals surface area contributed by atoms with Crippen LogP contribution in [-0.2, 0) is 16.1 Å². The summed E-state index contributed by atoms with van der Waals surface area (Å²) >= 11 is 0. The Morgan fingerprint density at radius 2 is 1.81 bits per heavy atom. The Labute approximate surface area is 157 Å². The van der Waals surface area contributed by atoms with Crippen LogP contribution in [0.25, 0.3) is 0 Å². The summed E-state index contributed by atoms with van der Waals surface area (Å²) < 4.78 is 5.36. The number of benzene rings is 1. The van der Waals surface area contributed by atoms with Gasteiger partial charge in [-0.15, -0.1) is 0 Å². The van der Waals surface area contributed by atoms with E-state index in [4.69, 9.17) is 9.52 Å². The first-order valence-corrected chi connectivity index (χ1v) is 8.72. The number of aryl methyl sites for hydroxylation is 1. The molecule has 0 spiro atoms. The maximum absolute atomic E-state index is 12.7. The molecule has 7 nitrogen and oxygen atoms in total. The van der Waals surface area contributed by atoms with Crippen molar-refractivity contribution >= 4 is 17.8 Å². The molecule has 1 aromatic heterocycles. The number of nitrogens with one attached hydrogen (secondary N) is 2. The van der Waals surface area contributed by atoms with E-state index < -0.39 is 17.9 Å². The molecule has 1 unspecified atom stereocenters. The van der Waals surface area contributed by atoms with Gasteiger partial charge in [-0.1, -0.05) is 44.2 Å². The molecule has 1 heterocycles. The molecular formula is C20H24N2O5. The van der Waals surface area contributed by atoms with Crippen LogP contribution in [-0.4, -0.2) is 22.9 Å². The van der Waals surface area contributed by atoms with Gasteiger partial charge in [-0.3, -0.25) is 9.59 Å². The maximum Gasteiger partial charge on any atom is 0.339 e. The van der Waals surface area contributed by atoms with E-state index in [2.05, 4.69) is 10.6 Å². The Hall–Kier alpha value is -3.09. The van der Waals surface area contributed by atoms with Gasteiger partial charge in [0.2, 0.25) is 11.8 Å².